The van der Waals surface area contributed by atoms with Crippen molar-refractivity contribution in [3.05, 3.63) is 71.8 Å². The van der Waals surface area contributed by atoms with E-state index in [1.807, 2.05) is 66.8 Å². The molecule has 0 saturated heterocycles. The second kappa shape index (κ2) is 5.06. The van der Waals surface area contributed by atoms with Crippen LogP contribution in [-0.4, -0.2) is 24.1 Å². The summed E-state index contributed by atoms with van der Waals surface area (Å²) in [5.74, 6) is 0.785. The molecule has 0 aliphatic carbocycles. The molecule has 1 aliphatic rings. The lowest BCUT2D eigenvalue weighted by Gasteiger charge is -2.26. The lowest BCUT2D eigenvalue weighted by molar-refractivity contribution is 0.393. The molecule has 1 heterocycles. The number of benzene rings is 2. The zero-order valence-electron chi connectivity index (χ0n) is 10.8. The van der Waals surface area contributed by atoms with Crippen LogP contribution in [0.15, 0.2) is 70.6 Å². The minimum absolute atomic E-state index is 0.00564. The van der Waals surface area contributed by atoms with Crippen molar-refractivity contribution in [1.82, 2.24) is 4.90 Å². The molecule has 0 spiro atoms. The normalized spacial score (nSPS) is 18.3. The minimum atomic E-state index is -0.00564. The van der Waals surface area contributed by atoms with Gasteiger partial charge in [0, 0.05) is 12.6 Å². The molecular formula is C16H15N3. The number of rotatable bonds is 2. The Balaban J connectivity index is 1.98. The van der Waals surface area contributed by atoms with Gasteiger partial charge in [0.1, 0.15) is 6.17 Å². The number of hydrogen-bond donors (Lipinski definition) is 0. The number of hydrogen-bond acceptors (Lipinski definition) is 3. The molecule has 0 fully saturated rings. The molecule has 2 aromatic carbocycles. The van der Waals surface area contributed by atoms with E-state index in [1.165, 1.54) is 5.56 Å². The predicted octanol–water partition coefficient (Wildman–Crippen LogP) is 3.11. The molecule has 3 nitrogen and oxygen atoms in total. The van der Waals surface area contributed by atoms with E-state index in [1.54, 1.807) is 0 Å². The van der Waals surface area contributed by atoms with Gasteiger partial charge in [0.2, 0.25) is 0 Å². The van der Waals surface area contributed by atoms with Crippen LogP contribution in [0.25, 0.3) is 0 Å². The van der Waals surface area contributed by atoms with E-state index in [2.05, 4.69) is 17.1 Å². The van der Waals surface area contributed by atoms with Gasteiger partial charge in [-0.3, -0.25) is 0 Å². The standard InChI is InChI=1S/C16H15N3/c1-19-12-17-15(13-8-4-2-5-9-13)18-16(19)14-10-6-3-7-11-14/h2-12,16H,1H3. The van der Waals surface area contributed by atoms with Crippen LogP contribution in [0.1, 0.15) is 17.3 Å². The van der Waals surface area contributed by atoms with Gasteiger partial charge in [-0.25, -0.2) is 9.98 Å². The van der Waals surface area contributed by atoms with Gasteiger partial charge < -0.3 is 4.90 Å². The summed E-state index contributed by atoms with van der Waals surface area (Å²) in [6, 6.07) is 20.3. The minimum Gasteiger partial charge on any atom is -0.340 e. The summed E-state index contributed by atoms with van der Waals surface area (Å²) in [5, 5.41) is 0. The van der Waals surface area contributed by atoms with Crippen LogP contribution in [0.5, 0.6) is 0 Å². The quantitative estimate of drug-likeness (QED) is 0.803. The van der Waals surface area contributed by atoms with Gasteiger partial charge in [-0.2, -0.15) is 0 Å². The fourth-order valence-corrected chi connectivity index (χ4v) is 2.12. The molecule has 0 aromatic heterocycles. The topological polar surface area (TPSA) is 28.0 Å². The fourth-order valence-electron chi connectivity index (χ4n) is 2.12. The maximum absolute atomic E-state index is 4.75. The summed E-state index contributed by atoms with van der Waals surface area (Å²) in [5.41, 5.74) is 2.22. The lowest BCUT2D eigenvalue weighted by Crippen LogP contribution is -2.26. The summed E-state index contributed by atoms with van der Waals surface area (Å²) in [6.45, 7) is 0. The van der Waals surface area contributed by atoms with E-state index in [0.717, 1.165) is 11.4 Å². The van der Waals surface area contributed by atoms with E-state index in [-0.39, 0.29) is 6.17 Å². The largest absolute Gasteiger partial charge is 0.340 e. The number of amidine groups is 1. The molecule has 2 aromatic rings. The van der Waals surface area contributed by atoms with Gasteiger partial charge in [0.05, 0.1) is 6.34 Å². The Morgan fingerprint density at radius 3 is 2.21 bits per heavy atom. The van der Waals surface area contributed by atoms with Crippen molar-refractivity contribution in [2.75, 3.05) is 7.05 Å². The summed E-state index contributed by atoms with van der Waals surface area (Å²) in [6.07, 6.45) is 1.83. The first-order chi connectivity index (χ1) is 9.34. The van der Waals surface area contributed by atoms with Crippen molar-refractivity contribution in [3.63, 3.8) is 0 Å². The summed E-state index contributed by atoms with van der Waals surface area (Å²) < 4.78 is 0. The Morgan fingerprint density at radius 1 is 0.895 bits per heavy atom. The highest BCUT2D eigenvalue weighted by Crippen LogP contribution is 2.23. The van der Waals surface area contributed by atoms with Crippen LogP contribution in [0.2, 0.25) is 0 Å². The molecule has 19 heavy (non-hydrogen) atoms. The number of aliphatic imine (C=N–C) groups is 2. The molecule has 3 rings (SSSR count). The Labute approximate surface area is 112 Å². The molecule has 0 bridgehead atoms. The van der Waals surface area contributed by atoms with Crippen molar-refractivity contribution in [2.45, 2.75) is 6.17 Å². The monoisotopic (exact) mass is 249 g/mol. The Kier molecular flexibility index (Phi) is 3.11. The van der Waals surface area contributed by atoms with Crippen LogP contribution >= 0.6 is 0 Å². The first-order valence-electron chi connectivity index (χ1n) is 6.29. The van der Waals surface area contributed by atoms with Crippen LogP contribution in [0.3, 0.4) is 0 Å². The molecule has 0 saturated carbocycles. The highest BCUT2D eigenvalue weighted by Gasteiger charge is 2.18. The predicted molar refractivity (Wildman–Crippen MR) is 78.4 cm³/mol. The smallest absolute Gasteiger partial charge is 0.158 e. The van der Waals surface area contributed by atoms with Gasteiger partial charge >= 0.3 is 0 Å². The molecular weight excluding hydrogens is 234 g/mol. The zero-order chi connectivity index (χ0) is 13.1. The van der Waals surface area contributed by atoms with Crippen LogP contribution in [0, 0.1) is 0 Å². The summed E-state index contributed by atoms with van der Waals surface area (Å²) in [7, 11) is 1.99. The van der Waals surface area contributed by atoms with E-state index in [9.17, 15) is 0 Å². The fraction of sp³-hybridized carbons (Fsp3) is 0.125. The third kappa shape index (κ3) is 2.40. The van der Waals surface area contributed by atoms with Crippen molar-refractivity contribution in [2.24, 2.45) is 9.98 Å². The highest BCUT2D eigenvalue weighted by molar-refractivity contribution is 6.03. The summed E-state index contributed by atoms with van der Waals surface area (Å²) in [4.78, 5) is 11.2. The van der Waals surface area contributed by atoms with E-state index in [0.29, 0.717) is 0 Å². The summed E-state index contributed by atoms with van der Waals surface area (Å²) >= 11 is 0. The van der Waals surface area contributed by atoms with Gasteiger partial charge in [-0.15, -0.1) is 0 Å². The number of nitrogens with zero attached hydrogens (tertiary/aromatic N) is 3. The average Bonchev–Trinajstić information content (AvgIpc) is 2.49. The Bertz CT molecular complexity index is 602. The third-order valence-corrected chi connectivity index (χ3v) is 3.12. The maximum atomic E-state index is 4.75. The first kappa shape index (κ1) is 11.7. The van der Waals surface area contributed by atoms with Crippen LogP contribution in [0.4, 0.5) is 0 Å². The van der Waals surface area contributed by atoms with Crippen molar-refractivity contribution < 1.29 is 0 Å². The van der Waals surface area contributed by atoms with Crippen molar-refractivity contribution in [1.29, 1.82) is 0 Å². The molecule has 1 atom stereocenters. The average molecular weight is 249 g/mol. The molecule has 0 amide bonds. The molecule has 1 unspecified atom stereocenters. The molecule has 0 radical (unpaired) electrons. The molecule has 94 valence electrons. The molecule has 1 aliphatic heterocycles. The Morgan fingerprint density at radius 2 is 1.53 bits per heavy atom. The van der Waals surface area contributed by atoms with Crippen molar-refractivity contribution >= 4 is 12.2 Å². The molecule has 3 heteroatoms. The highest BCUT2D eigenvalue weighted by atomic mass is 15.3. The SMILES string of the molecule is CN1C=NC(c2ccccc2)=NC1c1ccccc1. The first-order valence-corrected chi connectivity index (χ1v) is 6.29. The second-order valence-electron chi connectivity index (χ2n) is 4.51. The van der Waals surface area contributed by atoms with Crippen LogP contribution in [-0.2, 0) is 0 Å². The van der Waals surface area contributed by atoms with E-state index >= 15 is 0 Å². The maximum Gasteiger partial charge on any atom is 0.158 e. The molecule has 0 N–H and O–H groups in total. The zero-order valence-corrected chi connectivity index (χ0v) is 10.8. The van der Waals surface area contributed by atoms with Gasteiger partial charge in [-0.05, 0) is 5.56 Å². The third-order valence-electron chi connectivity index (χ3n) is 3.12. The van der Waals surface area contributed by atoms with E-state index in [4.69, 9.17) is 4.99 Å². The second-order valence-corrected chi connectivity index (χ2v) is 4.51. The van der Waals surface area contributed by atoms with E-state index < -0.39 is 0 Å². The lowest BCUT2D eigenvalue weighted by atomic mass is 10.1. The Hall–Kier alpha value is -2.42. The van der Waals surface area contributed by atoms with Gasteiger partial charge in [0.15, 0.2) is 5.84 Å². The van der Waals surface area contributed by atoms with Crippen LogP contribution < -0.4 is 0 Å². The van der Waals surface area contributed by atoms with Gasteiger partial charge in [-0.1, -0.05) is 60.7 Å². The van der Waals surface area contributed by atoms with Gasteiger partial charge in [0.25, 0.3) is 0 Å². The van der Waals surface area contributed by atoms with Crippen molar-refractivity contribution in [3.8, 4) is 0 Å².